The van der Waals surface area contributed by atoms with Crippen LogP contribution in [0.3, 0.4) is 0 Å². The van der Waals surface area contributed by atoms with Crippen molar-refractivity contribution in [1.82, 2.24) is 9.88 Å². The number of hydrogen-bond donors (Lipinski definition) is 1. The normalized spacial score (nSPS) is 13.5. The van der Waals surface area contributed by atoms with Gasteiger partial charge < -0.3 is 9.47 Å². The lowest BCUT2D eigenvalue weighted by Crippen LogP contribution is -2.50. The summed E-state index contributed by atoms with van der Waals surface area (Å²) in [5, 5.41) is 2.86. The Labute approximate surface area is 196 Å². The standard InChI is InChI=1S/C23H27N3O6S/c1-13(2)10-32-21(30)18-14(3)24-22(33-18)25-17(27)11-31-12-23(4,5)26-19(28)15-8-6-7-9-16(15)20(26)29/h6-9,13H,10-12H2,1-5H3,(H,24,25,27). The molecule has 1 aliphatic rings. The lowest BCUT2D eigenvalue weighted by Gasteiger charge is -2.33. The fourth-order valence-corrected chi connectivity index (χ4v) is 4.18. The molecule has 10 heteroatoms. The van der Waals surface area contributed by atoms with E-state index in [0.717, 1.165) is 16.2 Å². The maximum atomic E-state index is 12.7. The average Bonchev–Trinajstić information content (AvgIpc) is 3.23. The van der Waals surface area contributed by atoms with Crippen LogP contribution in [0.15, 0.2) is 24.3 Å². The fraction of sp³-hybridized carbons (Fsp3) is 0.435. The number of benzene rings is 1. The van der Waals surface area contributed by atoms with E-state index in [-0.39, 0.29) is 36.1 Å². The van der Waals surface area contributed by atoms with E-state index in [2.05, 4.69) is 10.3 Å². The van der Waals surface area contributed by atoms with E-state index >= 15 is 0 Å². The number of aryl methyl sites for hydroxylation is 1. The van der Waals surface area contributed by atoms with E-state index in [1.807, 2.05) is 13.8 Å². The van der Waals surface area contributed by atoms with Crippen LogP contribution < -0.4 is 5.32 Å². The maximum Gasteiger partial charge on any atom is 0.350 e. The summed E-state index contributed by atoms with van der Waals surface area (Å²) < 4.78 is 10.7. The van der Waals surface area contributed by atoms with Crippen molar-refractivity contribution in [3.63, 3.8) is 0 Å². The number of aromatic nitrogens is 1. The summed E-state index contributed by atoms with van der Waals surface area (Å²) in [6.07, 6.45) is 0. The monoisotopic (exact) mass is 473 g/mol. The first-order valence-corrected chi connectivity index (χ1v) is 11.3. The Morgan fingerprint density at radius 3 is 2.33 bits per heavy atom. The number of imide groups is 1. The predicted molar refractivity (Wildman–Crippen MR) is 122 cm³/mol. The molecule has 0 saturated carbocycles. The second-order valence-electron chi connectivity index (χ2n) is 8.77. The molecule has 3 rings (SSSR count). The van der Waals surface area contributed by atoms with Crippen LogP contribution in [0.4, 0.5) is 5.13 Å². The van der Waals surface area contributed by atoms with E-state index in [0.29, 0.717) is 28.3 Å². The molecular formula is C23H27N3O6S. The van der Waals surface area contributed by atoms with Crippen LogP contribution in [0.1, 0.15) is 63.8 Å². The van der Waals surface area contributed by atoms with Gasteiger partial charge in [0.15, 0.2) is 5.13 Å². The Morgan fingerprint density at radius 1 is 1.15 bits per heavy atom. The fourth-order valence-electron chi connectivity index (χ4n) is 3.30. The number of anilines is 1. The molecule has 0 spiro atoms. The summed E-state index contributed by atoms with van der Waals surface area (Å²) in [4.78, 5) is 55.5. The maximum absolute atomic E-state index is 12.7. The molecule has 1 aromatic carbocycles. The molecule has 3 amide bonds. The van der Waals surface area contributed by atoms with Gasteiger partial charge in [-0.25, -0.2) is 9.78 Å². The molecule has 1 aliphatic heterocycles. The van der Waals surface area contributed by atoms with Crippen molar-refractivity contribution < 1.29 is 28.7 Å². The number of carbonyl (C=O) groups excluding carboxylic acids is 4. The van der Waals surface area contributed by atoms with Gasteiger partial charge in [0.1, 0.15) is 11.5 Å². The number of thiazole rings is 1. The highest BCUT2D eigenvalue weighted by molar-refractivity contribution is 7.17. The molecule has 9 nitrogen and oxygen atoms in total. The Morgan fingerprint density at radius 2 is 1.76 bits per heavy atom. The van der Waals surface area contributed by atoms with Gasteiger partial charge >= 0.3 is 5.97 Å². The van der Waals surface area contributed by atoms with E-state index in [1.54, 1.807) is 45.0 Å². The molecule has 0 bridgehead atoms. The molecule has 1 N–H and O–H groups in total. The number of esters is 1. The lowest BCUT2D eigenvalue weighted by atomic mass is 10.0. The summed E-state index contributed by atoms with van der Waals surface area (Å²) in [6.45, 7) is 8.90. The third-order valence-electron chi connectivity index (χ3n) is 4.86. The van der Waals surface area contributed by atoms with Crippen molar-refractivity contribution in [3.05, 3.63) is 46.0 Å². The Hall–Kier alpha value is -3.11. The van der Waals surface area contributed by atoms with Crippen molar-refractivity contribution in [2.24, 2.45) is 5.92 Å². The second kappa shape index (κ2) is 9.80. The van der Waals surface area contributed by atoms with Crippen LogP contribution in [0, 0.1) is 12.8 Å². The van der Waals surface area contributed by atoms with Gasteiger partial charge in [0.05, 0.1) is 35.6 Å². The van der Waals surface area contributed by atoms with Gasteiger partial charge in [0, 0.05) is 0 Å². The first kappa shape index (κ1) is 24.5. The van der Waals surface area contributed by atoms with Crippen LogP contribution in [-0.4, -0.2) is 58.9 Å². The van der Waals surface area contributed by atoms with Crippen LogP contribution in [0.2, 0.25) is 0 Å². The van der Waals surface area contributed by atoms with Gasteiger partial charge in [-0.15, -0.1) is 0 Å². The van der Waals surface area contributed by atoms with Crippen LogP contribution >= 0.6 is 11.3 Å². The first-order chi connectivity index (χ1) is 15.5. The molecule has 0 fully saturated rings. The van der Waals surface area contributed by atoms with Crippen molar-refractivity contribution in [3.8, 4) is 0 Å². The smallest absolute Gasteiger partial charge is 0.350 e. The summed E-state index contributed by atoms with van der Waals surface area (Å²) in [5.41, 5.74) is 0.223. The minimum atomic E-state index is -0.960. The third kappa shape index (κ3) is 5.45. The summed E-state index contributed by atoms with van der Waals surface area (Å²) in [7, 11) is 0. The summed E-state index contributed by atoms with van der Waals surface area (Å²) >= 11 is 1.03. The van der Waals surface area contributed by atoms with Gasteiger partial charge in [0.2, 0.25) is 0 Å². The number of rotatable bonds is 9. The molecule has 176 valence electrons. The number of fused-ring (bicyclic) bond motifs is 1. The van der Waals surface area contributed by atoms with E-state index < -0.39 is 17.4 Å². The minimum Gasteiger partial charge on any atom is -0.461 e. The average molecular weight is 474 g/mol. The molecular weight excluding hydrogens is 446 g/mol. The quantitative estimate of drug-likeness (QED) is 0.439. The second-order valence-corrected chi connectivity index (χ2v) is 9.77. The van der Waals surface area contributed by atoms with Crippen LogP contribution in [0.25, 0.3) is 0 Å². The number of nitrogens with one attached hydrogen (secondary N) is 1. The molecule has 0 saturated heterocycles. The van der Waals surface area contributed by atoms with Crippen LogP contribution in [0.5, 0.6) is 0 Å². The van der Waals surface area contributed by atoms with Crippen LogP contribution in [-0.2, 0) is 14.3 Å². The zero-order valence-electron chi connectivity index (χ0n) is 19.3. The highest BCUT2D eigenvalue weighted by Crippen LogP contribution is 2.29. The largest absolute Gasteiger partial charge is 0.461 e. The van der Waals surface area contributed by atoms with Crippen molar-refractivity contribution in [2.45, 2.75) is 40.2 Å². The molecule has 0 aliphatic carbocycles. The molecule has 2 heterocycles. The van der Waals surface area contributed by atoms with E-state index in [1.165, 1.54) is 0 Å². The van der Waals surface area contributed by atoms with Gasteiger partial charge in [-0.05, 0) is 38.8 Å². The van der Waals surface area contributed by atoms with Gasteiger partial charge in [0.25, 0.3) is 17.7 Å². The molecule has 33 heavy (non-hydrogen) atoms. The van der Waals surface area contributed by atoms with E-state index in [9.17, 15) is 19.2 Å². The first-order valence-electron chi connectivity index (χ1n) is 10.5. The topological polar surface area (TPSA) is 115 Å². The van der Waals surface area contributed by atoms with Crippen molar-refractivity contribution in [2.75, 3.05) is 25.1 Å². The van der Waals surface area contributed by atoms with Gasteiger partial charge in [-0.2, -0.15) is 0 Å². The SMILES string of the molecule is Cc1nc(NC(=O)COCC(C)(C)N2C(=O)c3ccccc3C2=O)sc1C(=O)OCC(C)C. The molecule has 0 unspecified atom stereocenters. The number of carbonyl (C=O) groups is 4. The molecule has 2 aromatic rings. The Balaban J connectivity index is 1.54. The molecule has 0 radical (unpaired) electrons. The summed E-state index contributed by atoms with van der Waals surface area (Å²) in [6, 6.07) is 6.64. The number of amides is 3. The zero-order valence-corrected chi connectivity index (χ0v) is 20.1. The Bertz CT molecular complexity index is 1060. The number of ether oxygens (including phenoxy) is 2. The summed E-state index contributed by atoms with van der Waals surface area (Å²) in [5.74, 6) is -1.50. The number of nitrogens with zero attached hydrogens (tertiary/aromatic N) is 2. The van der Waals surface area contributed by atoms with Crippen molar-refractivity contribution in [1.29, 1.82) is 0 Å². The number of hydrogen-bond acceptors (Lipinski definition) is 8. The molecule has 1 aromatic heterocycles. The Kier molecular flexibility index (Phi) is 7.28. The molecule has 0 atom stereocenters. The lowest BCUT2D eigenvalue weighted by molar-refractivity contribution is -0.121. The predicted octanol–water partition coefficient (Wildman–Crippen LogP) is 3.29. The third-order valence-corrected chi connectivity index (χ3v) is 5.92. The highest BCUT2D eigenvalue weighted by atomic mass is 32.1. The van der Waals surface area contributed by atoms with Gasteiger partial charge in [-0.1, -0.05) is 37.3 Å². The zero-order chi connectivity index (χ0) is 24.3. The van der Waals surface area contributed by atoms with Crippen molar-refractivity contribution >= 4 is 40.2 Å². The minimum absolute atomic E-state index is 0.0322. The highest BCUT2D eigenvalue weighted by Gasteiger charge is 2.44. The van der Waals surface area contributed by atoms with Gasteiger partial charge in [-0.3, -0.25) is 24.6 Å². The van der Waals surface area contributed by atoms with E-state index in [4.69, 9.17) is 9.47 Å².